The molecule has 124 valence electrons. The number of sulfonamides is 1. The molecule has 0 aliphatic rings. The molecule has 6 nitrogen and oxygen atoms in total. The lowest BCUT2D eigenvalue weighted by Gasteiger charge is -2.10. The van der Waals surface area contributed by atoms with Crippen molar-refractivity contribution in [2.75, 3.05) is 0 Å². The zero-order valence-corrected chi connectivity index (χ0v) is 13.9. The second-order valence-electron chi connectivity index (χ2n) is 5.51. The van der Waals surface area contributed by atoms with E-state index < -0.39 is 10.0 Å². The summed E-state index contributed by atoms with van der Waals surface area (Å²) in [5, 5.41) is 2.73. The van der Waals surface area contributed by atoms with Gasteiger partial charge in [0.25, 0.3) is 5.91 Å². The Morgan fingerprint density at radius 2 is 1.78 bits per heavy atom. The molecule has 1 amide bonds. The molecule has 0 fully saturated rings. The second kappa shape index (κ2) is 7.43. The molecule has 1 heterocycles. The third-order valence-electron chi connectivity index (χ3n) is 2.99. The molecule has 1 aromatic carbocycles. The van der Waals surface area contributed by atoms with E-state index in [1.165, 1.54) is 6.26 Å². The molecule has 0 unspecified atom stereocenters. The number of rotatable bonds is 7. The quantitative estimate of drug-likeness (QED) is 0.810. The highest BCUT2D eigenvalue weighted by Gasteiger charge is 2.13. The molecule has 0 aliphatic carbocycles. The van der Waals surface area contributed by atoms with Crippen molar-refractivity contribution in [3.8, 4) is 0 Å². The predicted octanol–water partition coefficient (Wildman–Crippen LogP) is 2.04. The molecule has 2 N–H and O–H groups in total. The Balaban J connectivity index is 1.91. The Morgan fingerprint density at radius 1 is 1.13 bits per heavy atom. The number of carbonyl (C=O) groups excluding carboxylic acids is 1. The smallest absolute Gasteiger partial charge is 0.287 e. The topological polar surface area (TPSA) is 88.4 Å². The predicted molar refractivity (Wildman–Crippen MR) is 87.2 cm³/mol. The fourth-order valence-electron chi connectivity index (χ4n) is 2.05. The molecule has 0 atom stereocenters. The summed E-state index contributed by atoms with van der Waals surface area (Å²) in [6.07, 6.45) is 1.44. The molecule has 0 saturated heterocycles. The maximum absolute atomic E-state index is 11.9. The third-order valence-corrected chi connectivity index (χ3v) is 4.54. The largest absolute Gasteiger partial charge is 0.459 e. The second-order valence-corrected chi connectivity index (χ2v) is 7.26. The number of benzene rings is 1. The molecule has 2 rings (SSSR count). The summed E-state index contributed by atoms with van der Waals surface area (Å²) in [7, 11) is -3.33. The fraction of sp³-hybridized carbons (Fsp3) is 0.312. The molecule has 0 radical (unpaired) electrons. The number of furan rings is 1. The van der Waals surface area contributed by atoms with Crippen LogP contribution in [-0.4, -0.2) is 20.4 Å². The van der Waals surface area contributed by atoms with Crippen molar-refractivity contribution in [2.45, 2.75) is 32.2 Å². The van der Waals surface area contributed by atoms with Crippen molar-refractivity contribution >= 4 is 15.9 Å². The zero-order valence-electron chi connectivity index (χ0n) is 13.1. The minimum absolute atomic E-state index is 0.0653. The van der Waals surface area contributed by atoms with Crippen molar-refractivity contribution in [1.82, 2.24) is 10.0 Å². The first-order valence-corrected chi connectivity index (χ1v) is 8.90. The number of carbonyl (C=O) groups is 1. The normalized spacial score (nSPS) is 11.6. The summed E-state index contributed by atoms with van der Waals surface area (Å²) in [6.45, 7) is 3.90. The van der Waals surface area contributed by atoms with E-state index in [-0.39, 0.29) is 23.5 Å². The van der Waals surface area contributed by atoms with E-state index in [0.29, 0.717) is 12.1 Å². The van der Waals surface area contributed by atoms with Crippen LogP contribution in [0.15, 0.2) is 47.1 Å². The van der Waals surface area contributed by atoms with Gasteiger partial charge in [0.2, 0.25) is 10.0 Å². The van der Waals surface area contributed by atoms with Crippen molar-refractivity contribution in [3.63, 3.8) is 0 Å². The highest BCUT2D eigenvalue weighted by molar-refractivity contribution is 7.88. The molecular weight excluding hydrogens is 316 g/mol. The van der Waals surface area contributed by atoms with Gasteiger partial charge in [-0.2, -0.15) is 0 Å². The zero-order chi connectivity index (χ0) is 16.9. The number of nitrogens with one attached hydrogen (secondary N) is 2. The summed E-state index contributed by atoms with van der Waals surface area (Å²) >= 11 is 0. The molecule has 23 heavy (non-hydrogen) atoms. The Morgan fingerprint density at radius 3 is 2.35 bits per heavy atom. The average molecular weight is 336 g/mol. The van der Waals surface area contributed by atoms with Crippen molar-refractivity contribution in [3.05, 3.63) is 59.5 Å². The molecular formula is C16H20N2O4S. The highest BCUT2D eigenvalue weighted by atomic mass is 32.2. The van der Waals surface area contributed by atoms with Gasteiger partial charge in [0.15, 0.2) is 5.76 Å². The summed E-state index contributed by atoms with van der Waals surface area (Å²) in [6, 6.07) is 10.2. The lowest BCUT2D eigenvalue weighted by Crippen LogP contribution is -2.31. The molecule has 1 aromatic heterocycles. The molecule has 0 saturated carbocycles. The van der Waals surface area contributed by atoms with Crippen LogP contribution in [-0.2, 0) is 22.3 Å². The summed E-state index contributed by atoms with van der Waals surface area (Å²) in [5.41, 5.74) is 1.57. The van der Waals surface area contributed by atoms with Crippen LogP contribution < -0.4 is 10.0 Å². The van der Waals surface area contributed by atoms with Crippen LogP contribution in [0.4, 0.5) is 0 Å². The van der Waals surface area contributed by atoms with E-state index in [4.69, 9.17) is 4.42 Å². The lowest BCUT2D eigenvalue weighted by atomic mass is 10.1. The van der Waals surface area contributed by atoms with Gasteiger partial charge in [-0.25, -0.2) is 13.1 Å². The van der Waals surface area contributed by atoms with Crippen LogP contribution in [0.2, 0.25) is 0 Å². The van der Waals surface area contributed by atoms with Gasteiger partial charge in [-0.1, -0.05) is 24.3 Å². The lowest BCUT2D eigenvalue weighted by molar-refractivity contribution is 0.0923. The summed E-state index contributed by atoms with van der Waals surface area (Å²) in [5.74, 6) is -0.0974. The first-order chi connectivity index (χ1) is 10.9. The van der Waals surface area contributed by atoms with Gasteiger partial charge in [-0.15, -0.1) is 0 Å². The van der Waals surface area contributed by atoms with Gasteiger partial charge in [-0.3, -0.25) is 4.79 Å². The van der Waals surface area contributed by atoms with Crippen LogP contribution in [0.1, 0.15) is 35.5 Å². The molecule has 0 aliphatic heterocycles. The molecule has 2 aromatic rings. The van der Waals surface area contributed by atoms with Crippen LogP contribution >= 0.6 is 0 Å². The minimum atomic E-state index is -3.33. The van der Waals surface area contributed by atoms with Gasteiger partial charge in [0.1, 0.15) is 0 Å². The van der Waals surface area contributed by atoms with Crippen LogP contribution in [0, 0.1) is 0 Å². The Bertz CT molecular complexity index is 735. The van der Waals surface area contributed by atoms with Crippen LogP contribution in [0.5, 0.6) is 0 Å². The van der Waals surface area contributed by atoms with Gasteiger partial charge in [-0.05, 0) is 37.1 Å². The van der Waals surface area contributed by atoms with Gasteiger partial charge in [0.05, 0.1) is 12.0 Å². The van der Waals surface area contributed by atoms with E-state index in [1.54, 1.807) is 50.2 Å². The Kier molecular flexibility index (Phi) is 5.57. The SMILES string of the molecule is CC(C)NS(=O)(=O)Cc1ccc(CNC(=O)c2ccco2)cc1. The van der Waals surface area contributed by atoms with E-state index in [9.17, 15) is 13.2 Å². The van der Waals surface area contributed by atoms with Gasteiger partial charge in [0, 0.05) is 12.6 Å². The van der Waals surface area contributed by atoms with Gasteiger partial charge >= 0.3 is 0 Å². The van der Waals surface area contributed by atoms with E-state index >= 15 is 0 Å². The molecule has 0 bridgehead atoms. The van der Waals surface area contributed by atoms with Crippen molar-refractivity contribution in [1.29, 1.82) is 0 Å². The monoisotopic (exact) mass is 336 g/mol. The Hall–Kier alpha value is -2.12. The van der Waals surface area contributed by atoms with Crippen molar-refractivity contribution in [2.24, 2.45) is 0 Å². The van der Waals surface area contributed by atoms with E-state index in [1.807, 2.05) is 0 Å². The number of amides is 1. The minimum Gasteiger partial charge on any atom is -0.459 e. The molecule has 7 heteroatoms. The van der Waals surface area contributed by atoms with Crippen LogP contribution in [0.3, 0.4) is 0 Å². The van der Waals surface area contributed by atoms with E-state index in [2.05, 4.69) is 10.0 Å². The summed E-state index contributed by atoms with van der Waals surface area (Å²) in [4.78, 5) is 11.7. The summed E-state index contributed by atoms with van der Waals surface area (Å²) < 4.78 is 31.3. The van der Waals surface area contributed by atoms with Crippen molar-refractivity contribution < 1.29 is 17.6 Å². The number of hydrogen-bond donors (Lipinski definition) is 2. The first-order valence-electron chi connectivity index (χ1n) is 7.25. The highest BCUT2D eigenvalue weighted by Crippen LogP contribution is 2.09. The first kappa shape index (κ1) is 17.2. The molecule has 0 spiro atoms. The Labute approximate surface area is 135 Å². The fourth-order valence-corrected chi connectivity index (χ4v) is 3.48. The number of hydrogen-bond acceptors (Lipinski definition) is 4. The standard InChI is InChI=1S/C16H20N2O4S/c1-12(2)18-23(20,21)11-14-7-5-13(6-8-14)10-17-16(19)15-4-3-9-22-15/h3-9,12,18H,10-11H2,1-2H3,(H,17,19). The third kappa shape index (κ3) is 5.54. The van der Waals surface area contributed by atoms with Gasteiger partial charge < -0.3 is 9.73 Å². The average Bonchev–Trinajstić information content (AvgIpc) is 2.98. The van der Waals surface area contributed by atoms with E-state index in [0.717, 1.165) is 5.56 Å². The maximum Gasteiger partial charge on any atom is 0.287 e. The maximum atomic E-state index is 11.9. The van der Waals surface area contributed by atoms with Crippen LogP contribution in [0.25, 0.3) is 0 Å².